The molecule has 12 nitrogen and oxygen atoms in total. The van der Waals surface area contributed by atoms with E-state index in [2.05, 4.69) is 21.7 Å². The van der Waals surface area contributed by atoms with Crippen LogP contribution in [0.3, 0.4) is 0 Å². The van der Waals surface area contributed by atoms with Crippen LogP contribution in [0.1, 0.15) is 56.2 Å². The van der Waals surface area contributed by atoms with Crippen molar-refractivity contribution in [2.45, 2.75) is 69.6 Å². The van der Waals surface area contributed by atoms with Gasteiger partial charge in [-0.05, 0) is 50.2 Å². The zero-order chi connectivity index (χ0) is 27.7. The van der Waals surface area contributed by atoms with Gasteiger partial charge in [0.15, 0.2) is 0 Å². The van der Waals surface area contributed by atoms with E-state index in [-0.39, 0.29) is 0 Å². The number of aliphatic hydroxyl groups is 1. The second kappa shape index (κ2) is 17.8. The van der Waals surface area contributed by atoms with E-state index in [4.69, 9.17) is 44.3 Å². The molecule has 1 saturated heterocycles. The van der Waals surface area contributed by atoms with Crippen LogP contribution in [0.4, 0.5) is 0 Å². The van der Waals surface area contributed by atoms with Crippen LogP contribution in [0, 0.1) is 0 Å². The summed E-state index contributed by atoms with van der Waals surface area (Å²) in [5, 5.41) is 45.4. The van der Waals surface area contributed by atoms with Gasteiger partial charge in [-0.3, -0.25) is 4.90 Å². The first-order chi connectivity index (χ1) is 17.6. The number of carboxylic acid groups (broad SMARTS) is 4. The van der Waals surface area contributed by atoms with Crippen LogP contribution in [0.25, 0.3) is 0 Å². The average Bonchev–Trinajstić information content (AvgIpc) is 3.39. The molecule has 1 saturated carbocycles. The number of aliphatic carboxylic acids is 4. The van der Waals surface area contributed by atoms with Crippen molar-refractivity contribution in [2.24, 2.45) is 0 Å². The lowest BCUT2D eigenvalue weighted by Gasteiger charge is -2.48. The summed E-state index contributed by atoms with van der Waals surface area (Å²) in [6.45, 7) is 5.16. The van der Waals surface area contributed by atoms with Gasteiger partial charge in [0, 0.05) is 23.5 Å². The maximum atomic E-state index is 10.2. The van der Waals surface area contributed by atoms with E-state index in [9.17, 15) is 5.11 Å². The Morgan fingerprint density at radius 1 is 0.919 bits per heavy atom. The van der Waals surface area contributed by atoms with Gasteiger partial charge < -0.3 is 35.6 Å². The molecule has 2 fully saturated rings. The number of likely N-dealkylation sites (tertiary alicyclic amines) is 1. The lowest BCUT2D eigenvalue weighted by atomic mass is 9.79. The third-order valence-corrected chi connectivity index (χ3v) is 7.00. The van der Waals surface area contributed by atoms with Crippen LogP contribution in [0.2, 0.25) is 0 Å². The Morgan fingerprint density at radius 2 is 1.46 bits per heavy atom. The smallest absolute Gasteiger partial charge is 0.414 e. The van der Waals surface area contributed by atoms with Crippen LogP contribution in [0.15, 0.2) is 17.5 Å². The van der Waals surface area contributed by atoms with Crippen molar-refractivity contribution in [1.82, 2.24) is 10.2 Å². The summed E-state index contributed by atoms with van der Waals surface area (Å²) in [6.07, 6.45) is 10.4. The molecule has 0 amide bonds. The van der Waals surface area contributed by atoms with Gasteiger partial charge in [0.05, 0.1) is 19.3 Å². The fourth-order valence-electron chi connectivity index (χ4n) is 4.40. The Labute approximate surface area is 219 Å². The third-order valence-electron chi connectivity index (χ3n) is 6.15. The Balaban J connectivity index is 0.000000476. The quantitative estimate of drug-likeness (QED) is 0.246. The van der Waals surface area contributed by atoms with Crippen molar-refractivity contribution in [1.29, 1.82) is 0 Å². The Bertz CT molecular complexity index is 774. The number of rotatable bonds is 9. The van der Waals surface area contributed by atoms with Gasteiger partial charge >= 0.3 is 23.9 Å². The first kappa shape index (κ1) is 32.4. The van der Waals surface area contributed by atoms with E-state index in [1.54, 1.807) is 11.3 Å². The number of hydrogen-bond donors (Lipinski definition) is 6. The van der Waals surface area contributed by atoms with Crippen molar-refractivity contribution in [3.05, 3.63) is 22.4 Å². The minimum atomic E-state index is -1.82. The minimum Gasteiger partial charge on any atom is -0.473 e. The van der Waals surface area contributed by atoms with E-state index in [0.717, 1.165) is 6.54 Å². The molecule has 1 atom stereocenters. The molecule has 210 valence electrons. The van der Waals surface area contributed by atoms with Crippen LogP contribution in [0.5, 0.6) is 0 Å². The standard InChI is InChI=1S/C20H34N2O2S.2C2H2O4/c23-18(15-24-16-19-8-7-13-25-19)14-21-17-20(9-3-1-4-10-20)22-11-5-2-6-12-22;2*3-1(4)2(5)6/h7-8,13,18,21,23H,1-6,9-12,14-17H2;2*(H,3,4)(H,5,6). The molecule has 1 aromatic rings. The molecule has 6 N–H and O–H groups in total. The highest BCUT2D eigenvalue weighted by Crippen LogP contribution is 2.35. The molecule has 1 aliphatic heterocycles. The molecule has 2 aliphatic rings. The summed E-state index contributed by atoms with van der Waals surface area (Å²) in [5.41, 5.74) is 0.330. The van der Waals surface area contributed by atoms with E-state index in [1.165, 1.54) is 69.3 Å². The molecule has 0 spiro atoms. The zero-order valence-corrected chi connectivity index (χ0v) is 21.7. The molecule has 1 unspecified atom stereocenters. The number of nitrogens with one attached hydrogen (secondary N) is 1. The monoisotopic (exact) mass is 546 g/mol. The predicted octanol–water partition coefficient (Wildman–Crippen LogP) is 1.72. The van der Waals surface area contributed by atoms with Crippen molar-refractivity contribution in [2.75, 3.05) is 32.8 Å². The molecule has 37 heavy (non-hydrogen) atoms. The van der Waals surface area contributed by atoms with Crippen LogP contribution in [-0.2, 0) is 30.5 Å². The van der Waals surface area contributed by atoms with Crippen molar-refractivity contribution < 1.29 is 49.4 Å². The van der Waals surface area contributed by atoms with E-state index in [0.29, 0.717) is 25.3 Å². The average molecular weight is 547 g/mol. The number of carboxylic acids is 4. The van der Waals surface area contributed by atoms with Crippen molar-refractivity contribution in [3.8, 4) is 0 Å². The number of carbonyl (C=O) groups is 4. The first-order valence-electron chi connectivity index (χ1n) is 12.2. The second-order valence-corrected chi connectivity index (χ2v) is 9.96. The first-order valence-corrected chi connectivity index (χ1v) is 13.1. The zero-order valence-electron chi connectivity index (χ0n) is 20.8. The van der Waals surface area contributed by atoms with Gasteiger partial charge in [-0.15, -0.1) is 11.3 Å². The highest BCUT2D eigenvalue weighted by atomic mass is 32.1. The molecule has 0 radical (unpaired) electrons. The van der Waals surface area contributed by atoms with Gasteiger partial charge in [-0.25, -0.2) is 19.2 Å². The molecule has 0 bridgehead atoms. The fourth-order valence-corrected chi connectivity index (χ4v) is 5.04. The van der Waals surface area contributed by atoms with Crippen LogP contribution in [-0.4, -0.2) is 98.7 Å². The highest BCUT2D eigenvalue weighted by Gasteiger charge is 2.37. The molecule has 3 rings (SSSR count). The van der Waals surface area contributed by atoms with E-state index < -0.39 is 30.0 Å². The Morgan fingerprint density at radius 3 is 1.95 bits per heavy atom. The van der Waals surface area contributed by atoms with Gasteiger partial charge in [0.25, 0.3) is 0 Å². The van der Waals surface area contributed by atoms with E-state index in [1.807, 2.05) is 6.07 Å². The molecule has 2 heterocycles. The summed E-state index contributed by atoms with van der Waals surface area (Å²) in [7, 11) is 0. The minimum absolute atomic E-state index is 0.330. The molecular formula is C24H38N2O10S. The molecule has 13 heteroatoms. The lowest BCUT2D eigenvalue weighted by Crippen LogP contribution is -2.58. The largest absolute Gasteiger partial charge is 0.473 e. The van der Waals surface area contributed by atoms with Crippen LogP contribution >= 0.6 is 11.3 Å². The number of ether oxygens (including phenoxy) is 1. The maximum Gasteiger partial charge on any atom is 0.414 e. The fraction of sp³-hybridized carbons (Fsp3) is 0.667. The van der Waals surface area contributed by atoms with Gasteiger partial charge in [0.2, 0.25) is 0 Å². The van der Waals surface area contributed by atoms with Gasteiger partial charge in [-0.2, -0.15) is 0 Å². The highest BCUT2D eigenvalue weighted by molar-refractivity contribution is 7.09. The Hall–Kier alpha value is -2.58. The number of thiophene rings is 1. The second-order valence-electron chi connectivity index (χ2n) is 8.93. The molecule has 1 aromatic heterocycles. The summed E-state index contributed by atoms with van der Waals surface area (Å²) in [5.74, 6) is -7.30. The number of aliphatic hydroxyl groups excluding tert-OH is 1. The predicted molar refractivity (Wildman–Crippen MR) is 135 cm³/mol. The molecule has 1 aliphatic carbocycles. The summed E-state index contributed by atoms with van der Waals surface area (Å²) in [4.78, 5) is 40.4. The number of nitrogens with zero attached hydrogens (tertiary/aromatic N) is 1. The van der Waals surface area contributed by atoms with Gasteiger partial charge in [0.1, 0.15) is 0 Å². The van der Waals surface area contributed by atoms with Crippen LogP contribution < -0.4 is 5.32 Å². The normalized spacial score (nSPS) is 17.8. The third kappa shape index (κ3) is 13.5. The lowest BCUT2D eigenvalue weighted by molar-refractivity contribution is -0.159. The maximum absolute atomic E-state index is 10.2. The van der Waals surface area contributed by atoms with Crippen molar-refractivity contribution in [3.63, 3.8) is 0 Å². The van der Waals surface area contributed by atoms with Crippen molar-refractivity contribution >= 4 is 35.2 Å². The summed E-state index contributed by atoms with van der Waals surface area (Å²) < 4.78 is 5.63. The van der Waals surface area contributed by atoms with E-state index >= 15 is 0 Å². The van der Waals surface area contributed by atoms with Gasteiger partial charge in [-0.1, -0.05) is 31.7 Å². The molecular weight excluding hydrogens is 508 g/mol. The topological polar surface area (TPSA) is 194 Å². The SMILES string of the molecule is O=C(O)C(=O)O.O=C(O)C(=O)O.OC(CNCC1(N2CCCCC2)CCCCC1)COCc1cccs1. The number of piperidine rings is 1. The molecule has 0 aromatic carbocycles. The summed E-state index contributed by atoms with van der Waals surface area (Å²) >= 11 is 1.70. The summed E-state index contributed by atoms with van der Waals surface area (Å²) in [6, 6.07) is 4.10. The Kier molecular flexibility index (Phi) is 15.6. The number of hydrogen-bond acceptors (Lipinski definition) is 9.